The molecule has 0 fully saturated rings. The fourth-order valence-corrected chi connectivity index (χ4v) is 2.15. The van der Waals surface area contributed by atoms with Gasteiger partial charge < -0.3 is 15.2 Å². The number of benzene rings is 2. The summed E-state index contributed by atoms with van der Waals surface area (Å²) in [7, 11) is 0. The Morgan fingerprint density at radius 3 is 2.46 bits per heavy atom. The minimum absolute atomic E-state index is 0.141. The van der Waals surface area contributed by atoms with Crippen molar-refractivity contribution in [1.29, 1.82) is 0 Å². The second-order valence-electron chi connectivity index (χ2n) is 5.21. The van der Waals surface area contributed by atoms with Crippen molar-refractivity contribution in [2.75, 3.05) is 10.6 Å². The van der Waals surface area contributed by atoms with E-state index in [0.29, 0.717) is 23.8 Å². The molecule has 0 saturated heterocycles. The summed E-state index contributed by atoms with van der Waals surface area (Å²) in [6.45, 7) is 2.42. The highest BCUT2D eigenvalue weighted by Gasteiger charge is 2.07. The highest BCUT2D eigenvalue weighted by Crippen LogP contribution is 2.13. The zero-order chi connectivity index (χ0) is 16.8. The van der Waals surface area contributed by atoms with E-state index in [4.69, 9.17) is 4.52 Å². The molecular weight excluding hydrogens is 304 g/mol. The van der Waals surface area contributed by atoms with E-state index < -0.39 is 0 Å². The first kappa shape index (κ1) is 15.7. The van der Waals surface area contributed by atoms with Crippen molar-refractivity contribution in [3.63, 3.8) is 0 Å². The van der Waals surface area contributed by atoms with Gasteiger partial charge in [-0.3, -0.25) is 4.79 Å². The molecule has 2 aromatic carbocycles. The van der Waals surface area contributed by atoms with Gasteiger partial charge in [-0.25, -0.2) is 0 Å². The molecule has 0 unspecified atom stereocenters. The molecule has 0 aliphatic carbocycles. The van der Waals surface area contributed by atoms with Crippen LogP contribution in [0.15, 0.2) is 59.1 Å². The van der Waals surface area contributed by atoms with Crippen LogP contribution in [0.5, 0.6) is 0 Å². The Morgan fingerprint density at radius 1 is 1.04 bits per heavy atom. The van der Waals surface area contributed by atoms with E-state index in [0.717, 1.165) is 17.8 Å². The topological polar surface area (TPSA) is 80.0 Å². The van der Waals surface area contributed by atoms with E-state index >= 15 is 0 Å². The first-order valence-electron chi connectivity index (χ1n) is 7.76. The molecule has 1 amide bonds. The van der Waals surface area contributed by atoms with Gasteiger partial charge in [0.2, 0.25) is 5.89 Å². The minimum atomic E-state index is -0.141. The van der Waals surface area contributed by atoms with E-state index in [1.807, 2.05) is 49.4 Å². The van der Waals surface area contributed by atoms with E-state index in [9.17, 15) is 4.79 Å². The minimum Gasteiger partial charge on any atom is -0.376 e. The number of hydrogen-bond donors (Lipinski definition) is 2. The quantitative estimate of drug-likeness (QED) is 0.726. The zero-order valence-corrected chi connectivity index (χ0v) is 13.3. The maximum atomic E-state index is 12.2. The average molecular weight is 322 g/mol. The molecule has 3 rings (SSSR count). The number of aromatic nitrogens is 2. The maximum Gasteiger partial charge on any atom is 0.255 e. The standard InChI is InChI=1S/C18H18N4O2/c1-2-16-21-17(24-22-16)12-19-14-10-8-13(9-11-14)18(23)20-15-6-4-3-5-7-15/h3-11,19H,2,12H2,1H3,(H,20,23). The molecule has 6 heteroatoms. The largest absolute Gasteiger partial charge is 0.376 e. The van der Waals surface area contributed by atoms with Crippen LogP contribution in [-0.2, 0) is 13.0 Å². The second kappa shape index (κ2) is 7.41. The van der Waals surface area contributed by atoms with Gasteiger partial charge in [-0.15, -0.1) is 0 Å². The Kier molecular flexibility index (Phi) is 4.86. The number of nitrogens with zero attached hydrogens (tertiary/aromatic N) is 2. The molecule has 1 heterocycles. The first-order chi connectivity index (χ1) is 11.7. The molecule has 0 radical (unpaired) electrons. The Bertz CT molecular complexity index is 797. The molecule has 0 saturated carbocycles. The highest BCUT2D eigenvalue weighted by molar-refractivity contribution is 6.04. The van der Waals surface area contributed by atoms with Gasteiger partial charge in [0.05, 0.1) is 6.54 Å². The summed E-state index contributed by atoms with van der Waals surface area (Å²) in [4.78, 5) is 16.4. The summed E-state index contributed by atoms with van der Waals surface area (Å²) in [5.74, 6) is 1.09. The Morgan fingerprint density at radius 2 is 1.79 bits per heavy atom. The lowest BCUT2D eigenvalue weighted by molar-refractivity contribution is 0.102. The van der Waals surface area contributed by atoms with Gasteiger partial charge in [0.25, 0.3) is 5.91 Å². The van der Waals surface area contributed by atoms with Crippen molar-refractivity contribution in [1.82, 2.24) is 10.1 Å². The van der Waals surface area contributed by atoms with Gasteiger partial charge in [0.15, 0.2) is 5.82 Å². The first-order valence-corrected chi connectivity index (χ1v) is 7.76. The van der Waals surface area contributed by atoms with Gasteiger partial charge in [-0.2, -0.15) is 4.98 Å². The van der Waals surface area contributed by atoms with Gasteiger partial charge in [-0.1, -0.05) is 30.3 Å². The number of nitrogens with one attached hydrogen (secondary N) is 2. The molecule has 6 nitrogen and oxygen atoms in total. The molecule has 0 aliphatic rings. The average Bonchev–Trinajstić information content (AvgIpc) is 3.09. The Labute approximate surface area is 139 Å². The van der Waals surface area contributed by atoms with Crippen LogP contribution in [0.2, 0.25) is 0 Å². The summed E-state index contributed by atoms with van der Waals surface area (Å²) in [5.41, 5.74) is 2.24. The number of aryl methyl sites for hydroxylation is 1. The summed E-state index contributed by atoms with van der Waals surface area (Å²) >= 11 is 0. The van der Waals surface area contributed by atoms with Gasteiger partial charge in [0.1, 0.15) is 0 Å². The van der Waals surface area contributed by atoms with Crippen LogP contribution < -0.4 is 10.6 Å². The second-order valence-corrected chi connectivity index (χ2v) is 5.21. The normalized spacial score (nSPS) is 10.4. The van der Waals surface area contributed by atoms with Crippen LogP contribution in [0.25, 0.3) is 0 Å². The lowest BCUT2D eigenvalue weighted by Crippen LogP contribution is -2.11. The Balaban J connectivity index is 1.57. The van der Waals surface area contributed by atoms with Crippen molar-refractivity contribution in [2.45, 2.75) is 19.9 Å². The zero-order valence-electron chi connectivity index (χ0n) is 13.3. The lowest BCUT2D eigenvalue weighted by Gasteiger charge is -2.07. The maximum absolute atomic E-state index is 12.2. The third-order valence-electron chi connectivity index (χ3n) is 3.45. The van der Waals surface area contributed by atoms with Crippen molar-refractivity contribution in [3.8, 4) is 0 Å². The molecule has 0 aliphatic heterocycles. The summed E-state index contributed by atoms with van der Waals surface area (Å²) in [5, 5.41) is 9.88. The fraction of sp³-hybridized carbons (Fsp3) is 0.167. The Hall–Kier alpha value is -3.15. The van der Waals surface area contributed by atoms with Crippen molar-refractivity contribution in [3.05, 3.63) is 71.9 Å². The molecule has 24 heavy (non-hydrogen) atoms. The summed E-state index contributed by atoms with van der Waals surface area (Å²) < 4.78 is 5.12. The smallest absolute Gasteiger partial charge is 0.255 e. The van der Waals surface area contributed by atoms with E-state index in [1.54, 1.807) is 12.1 Å². The molecule has 3 aromatic rings. The predicted octanol–water partition coefficient (Wildman–Crippen LogP) is 3.50. The number of para-hydroxylation sites is 1. The van der Waals surface area contributed by atoms with Crippen LogP contribution in [0.4, 0.5) is 11.4 Å². The molecule has 0 atom stereocenters. The third kappa shape index (κ3) is 3.98. The van der Waals surface area contributed by atoms with Crippen LogP contribution in [0, 0.1) is 0 Å². The molecule has 0 spiro atoms. The molecule has 122 valence electrons. The van der Waals surface area contributed by atoms with Crippen molar-refractivity contribution in [2.24, 2.45) is 0 Å². The lowest BCUT2D eigenvalue weighted by atomic mass is 10.2. The SMILES string of the molecule is CCc1noc(CNc2ccc(C(=O)Nc3ccccc3)cc2)n1. The van der Waals surface area contributed by atoms with Crippen molar-refractivity contribution < 1.29 is 9.32 Å². The number of anilines is 2. The van der Waals surface area contributed by atoms with E-state index in [1.165, 1.54) is 0 Å². The van der Waals surface area contributed by atoms with Crippen molar-refractivity contribution >= 4 is 17.3 Å². The van der Waals surface area contributed by atoms with Crippen LogP contribution in [-0.4, -0.2) is 16.0 Å². The monoisotopic (exact) mass is 322 g/mol. The number of hydrogen-bond acceptors (Lipinski definition) is 5. The van der Waals surface area contributed by atoms with Crippen LogP contribution in [0.1, 0.15) is 29.0 Å². The van der Waals surface area contributed by atoms with E-state index in [2.05, 4.69) is 20.8 Å². The van der Waals surface area contributed by atoms with E-state index in [-0.39, 0.29) is 5.91 Å². The summed E-state index contributed by atoms with van der Waals surface area (Å²) in [6.07, 6.45) is 0.745. The summed E-state index contributed by atoms with van der Waals surface area (Å²) in [6, 6.07) is 16.6. The molecular formula is C18H18N4O2. The number of amides is 1. The van der Waals surface area contributed by atoms with Gasteiger partial charge in [-0.05, 0) is 36.4 Å². The third-order valence-corrected chi connectivity index (χ3v) is 3.45. The highest BCUT2D eigenvalue weighted by atomic mass is 16.5. The predicted molar refractivity (Wildman–Crippen MR) is 91.8 cm³/mol. The van der Waals surface area contributed by atoms with Crippen LogP contribution in [0.3, 0.4) is 0 Å². The molecule has 2 N–H and O–H groups in total. The molecule has 1 aromatic heterocycles. The fourth-order valence-electron chi connectivity index (χ4n) is 2.15. The number of rotatable bonds is 6. The van der Waals surface area contributed by atoms with Gasteiger partial charge in [0, 0.05) is 23.4 Å². The van der Waals surface area contributed by atoms with Crippen LogP contribution >= 0.6 is 0 Å². The number of carbonyl (C=O) groups excluding carboxylic acids is 1. The molecule has 0 bridgehead atoms. The van der Waals surface area contributed by atoms with Gasteiger partial charge >= 0.3 is 0 Å². The number of carbonyl (C=O) groups is 1.